The molecule has 19 heavy (non-hydrogen) atoms. The van der Waals surface area contributed by atoms with E-state index in [1.807, 2.05) is 17.4 Å². The smallest absolute Gasteiger partial charge is 0.0931 e. The van der Waals surface area contributed by atoms with Crippen molar-refractivity contribution in [2.45, 2.75) is 12.5 Å². The molecule has 0 aromatic carbocycles. The van der Waals surface area contributed by atoms with Gasteiger partial charge in [0, 0.05) is 9.75 Å². The van der Waals surface area contributed by atoms with Gasteiger partial charge in [-0.1, -0.05) is 17.7 Å². The van der Waals surface area contributed by atoms with Crippen LogP contribution < -0.4 is 5.32 Å². The normalized spacial score (nSPS) is 20.8. The van der Waals surface area contributed by atoms with Crippen molar-refractivity contribution in [2.75, 3.05) is 18.1 Å². The molecular weight excluding hydrogens is 314 g/mol. The monoisotopic (exact) mass is 329 g/mol. The molecule has 0 spiro atoms. The van der Waals surface area contributed by atoms with Gasteiger partial charge in [-0.15, -0.1) is 22.7 Å². The highest BCUT2D eigenvalue weighted by molar-refractivity contribution is 7.99. The molecular formula is C14H16ClNS3. The van der Waals surface area contributed by atoms with Crippen LogP contribution in [0.15, 0.2) is 29.6 Å². The molecule has 102 valence electrons. The van der Waals surface area contributed by atoms with Crippen LogP contribution in [0.25, 0.3) is 0 Å². The maximum absolute atomic E-state index is 6.08. The van der Waals surface area contributed by atoms with Crippen molar-refractivity contribution in [1.82, 2.24) is 5.32 Å². The highest BCUT2D eigenvalue weighted by atomic mass is 35.5. The van der Waals surface area contributed by atoms with Gasteiger partial charge in [-0.05, 0) is 54.0 Å². The molecule has 0 bridgehead atoms. The van der Waals surface area contributed by atoms with E-state index in [-0.39, 0.29) is 0 Å². The summed E-state index contributed by atoms with van der Waals surface area (Å²) >= 11 is 11.7. The van der Waals surface area contributed by atoms with E-state index in [9.17, 15) is 0 Å². The standard InChI is InChI=1S/C14H16ClNS3/c15-13-4-3-12(19-13)14(11-2-1-6-18-11)16-8-10-5-7-17-9-10/h1-4,6,10,14,16H,5,7-9H2. The van der Waals surface area contributed by atoms with E-state index < -0.39 is 0 Å². The summed E-state index contributed by atoms with van der Waals surface area (Å²) in [6, 6.07) is 8.78. The van der Waals surface area contributed by atoms with E-state index in [0.29, 0.717) is 6.04 Å². The predicted molar refractivity (Wildman–Crippen MR) is 88.9 cm³/mol. The van der Waals surface area contributed by atoms with Crippen LogP contribution in [-0.2, 0) is 0 Å². The Bertz CT molecular complexity index is 503. The Labute approximate surface area is 131 Å². The molecule has 2 aromatic heterocycles. The fraction of sp³-hybridized carbons (Fsp3) is 0.429. The molecule has 2 unspecified atom stereocenters. The highest BCUT2D eigenvalue weighted by Gasteiger charge is 2.20. The number of hydrogen-bond acceptors (Lipinski definition) is 4. The highest BCUT2D eigenvalue weighted by Crippen LogP contribution is 2.33. The first kappa shape index (κ1) is 14.0. The van der Waals surface area contributed by atoms with E-state index >= 15 is 0 Å². The van der Waals surface area contributed by atoms with Gasteiger partial charge in [0.05, 0.1) is 10.4 Å². The summed E-state index contributed by atoms with van der Waals surface area (Å²) in [7, 11) is 0. The molecule has 1 aliphatic rings. The van der Waals surface area contributed by atoms with E-state index in [1.165, 1.54) is 27.7 Å². The summed E-state index contributed by atoms with van der Waals surface area (Å²) in [5.41, 5.74) is 0. The maximum Gasteiger partial charge on any atom is 0.0931 e. The number of nitrogens with one attached hydrogen (secondary N) is 1. The molecule has 1 N–H and O–H groups in total. The molecule has 2 atom stereocenters. The molecule has 5 heteroatoms. The maximum atomic E-state index is 6.08. The zero-order chi connectivity index (χ0) is 13.1. The van der Waals surface area contributed by atoms with Crippen LogP contribution in [0.4, 0.5) is 0 Å². The zero-order valence-corrected chi connectivity index (χ0v) is 13.7. The van der Waals surface area contributed by atoms with Gasteiger partial charge in [0.25, 0.3) is 0 Å². The Kier molecular flexibility index (Phi) is 4.87. The zero-order valence-electron chi connectivity index (χ0n) is 10.5. The van der Waals surface area contributed by atoms with Crippen LogP contribution in [0, 0.1) is 5.92 Å². The molecule has 1 nitrogen and oxygen atoms in total. The lowest BCUT2D eigenvalue weighted by Gasteiger charge is -2.18. The summed E-state index contributed by atoms with van der Waals surface area (Å²) < 4.78 is 0.870. The topological polar surface area (TPSA) is 12.0 Å². The van der Waals surface area contributed by atoms with Crippen molar-refractivity contribution in [2.24, 2.45) is 5.92 Å². The minimum absolute atomic E-state index is 0.308. The molecule has 3 rings (SSSR count). The summed E-state index contributed by atoms with van der Waals surface area (Å²) in [6.45, 7) is 1.10. The van der Waals surface area contributed by atoms with Crippen molar-refractivity contribution in [1.29, 1.82) is 0 Å². The van der Waals surface area contributed by atoms with Crippen molar-refractivity contribution in [3.63, 3.8) is 0 Å². The number of rotatable bonds is 5. The average molecular weight is 330 g/mol. The van der Waals surface area contributed by atoms with Crippen LogP contribution >= 0.6 is 46.0 Å². The average Bonchev–Trinajstić information content (AvgIpc) is 3.11. The number of thioether (sulfide) groups is 1. The molecule has 0 aliphatic carbocycles. The largest absolute Gasteiger partial charge is 0.305 e. The fourth-order valence-corrected chi connectivity index (χ4v) is 5.64. The van der Waals surface area contributed by atoms with Gasteiger partial charge in [0.1, 0.15) is 0 Å². The second kappa shape index (κ2) is 6.64. The summed E-state index contributed by atoms with van der Waals surface area (Å²) in [5, 5.41) is 5.89. The first-order valence-corrected chi connectivity index (χ1v) is 9.65. The fourth-order valence-electron chi connectivity index (χ4n) is 2.31. The molecule has 2 aromatic rings. The van der Waals surface area contributed by atoms with Crippen LogP contribution in [0.3, 0.4) is 0 Å². The molecule has 0 saturated carbocycles. The molecule has 1 aliphatic heterocycles. The first-order chi connectivity index (χ1) is 9.33. The van der Waals surface area contributed by atoms with Gasteiger partial charge < -0.3 is 5.32 Å². The van der Waals surface area contributed by atoms with Crippen molar-refractivity contribution >= 4 is 46.0 Å². The lowest BCUT2D eigenvalue weighted by atomic mass is 10.1. The van der Waals surface area contributed by atoms with Crippen LogP contribution in [0.5, 0.6) is 0 Å². The molecule has 3 heterocycles. The Balaban J connectivity index is 1.73. The summed E-state index contributed by atoms with van der Waals surface area (Å²) in [6.07, 6.45) is 1.35. The Morgan fingerprint density at radius 2 is 2.26 bits per heavy atom. The Morgan fingerprint density at radius 1 is 1.32 bits per heavy atom. The van der Waals surface area contributed by atoms with Crippen LogP contribution in [0.2, 0.25) is 4.34 Å². The van der Waals surface area contributed by atoms with Gasteiger partial charge in [0.2, 0.25) is 0 Å². The van der Waals surface area contributed by atoms with Crippen molar-refractivity contribution in [3.05, 3.63) is 43.7 Å². The lowest BCUT2D eigenvalue weighted by Crippen LogP contribution is -2.27. The molecule has 0 radical (unpaired) electrons. The third-order valence-electron chi connectivity index (χ3n) is 3.34. The third kappa shape index (κ3) is 3.56. The first-order valence-electron chi connectivity index (χ1n) is 6.42. The minimum atomic E-state index is 0.308. The number of hydrogen-bond donors (Lipinski definition) is 1. The van der Waals surface area contributed by atoms with Gasteiger partial charge in [0.15, 0.2) is 0 Å². The lowest BCUT2D eigenvalue weighted by molar-refractivity contribution is 0.497. The summed E-state index contributed by atoms with van der Waals surface area (Å²) in [5.74, 6) is 3.44. The second-order valence-electron chi connectivity index (χ2n) is 4.73. The van der Waals surface area contributed by atoms with Crippen LogP contribution in [-0.4, -0.2) is 18.1 Å². The quantitative estimate of drug-likeness (QED) is 0.837. The molecule has 1 fully saturated rings. The van der Waals surface area contributed by atoms with Gasteiger partial charge in [-0.2, -0.15) is 11.8 Å². The van der Waals surface area contributed by atoms with Crippen LogP contribution in [0.1, 0.15) is 22.2 Å². The summed E-state index contributed by atoms with van der Waals surface area (Å²) in [4.78, 5) is 2.70. The van der Waals surface area contributed by atoms with Crippen molar-refractivity contribution in [3.8, 4) is 0 Å². The third-order valence-corrected chi connectivity index (χ3v) is 6.81. The van der Waals surface area contributed by atoms with Crippen molar-refractivity contribution < 1.29 is 0 Å². The molecule has 1 saturated heterocycles. The van der Waals surface area contributed by atoms with E-state index in [1.54, 1.807) is 11.3 Å². The second-order valence-corrected chi connectivity index (χ2v) is 8.60. The Hall–Kier alpha value is -0.0000000000000000555. The number of halogens is 1. The van der Waals surface area contributed by atoms with E-state index in [2.05, 4.69) is 40.7 Å². The van der Waals surface area contributed by atoms with E-state index in [4.69, 9.17) is 11.6 Å². The van der Waals surface area contributed by atoms with Gasteiger partial charge in [-0.3, -0.25) is 0 Å². The minimum Gasteiger partial charge on any atom is -0.305 e. The Morgan fingerprint density at radius 3 is 2.89 bits per heavy atom. The van der Waals surface area contributed by atoms with Gasteiger partial charge in [-0.25, -0.2) is 0 Å². The SMILES string of the molecule is Clc1ccc(C(NCC2CCSC2)c2cccs2)s1. The van der Waals surface area contributed by atoms with Gasteiger partial charge >= 0.3 is 0 Å². The molecule has 0 amide bonds. The number of thiophene rings is 2. The predicted octanol–water partition coefficient (Wildman–Crippen LogP) is 4.90. The van der Waals surface area contributed by atoms with E-state index in [0.717, 1.165) is 16.8 Å².